The van der Waals surface area contributed by atoms with Crippen molar-refractivity contribution in [2.75, 3.05) is 0 Å². The third kappa shape index (κ3) is 2.30. The van der Waals surface area contributed by atoms with Gasteiger partial charge in [-0.15, -0.1) is 0 Å². The Morgan fingerprint density at radius 3 is 2.85 bits per heavy atom. The third-order valence-corrected chi connectivity index (χ3v) is 3.31. The second-order valence-corrected chi connectivity index (χ2v) is 5.11. The molecule has 20 heavy (non-hydrogen) atoms. The van der Waals surface area contributed by atoms with Gasteiger partial charge in [0.05, 0.1) is 29.7 Å². The van der Waals surface area contributed by atoms with E-state index in [9.17, 15) is 5.11 Å². The van der Waals surface area contributed by atoms with Gasteiger partial charge in [0.1, 0.15) is 0 Å². The van der Waals surface area contributed by atoms with Crippen LogP contribution in [0.1, 0.15) is 37.3 Å². The van der Waals surface area contributed by atoms with Gasteiger partial charge in [-0.2, -0.15) is 10.2 Å². The second-order valence-electron chi connectivity index (χ2n) is 5.11. The van der Waals surface area contributed by atoms with Gasteiger partial charge in [0.25, 0.3) is 0 Å². The molecular weight excluding hydrogens is 254 g/mol. The lowest BCUT2D eigenvalue weighted by molar-refractivity contribution is 0.178. The maximum Gasteiger partial charge on any atom is 0.0903 e. The highest BCUT2D eigenvalue weighted by Crippen LogP contribution is 2.21. The van der Waals surface area contributed by atoms with Gasteiger partial charge in [-0.1, -0.05) is 0 Å². The van der Waals surface area contributed by atoms with E-state index in [0.29, 0.717) is 12.5 Å². The average molecular weight is 271 g/mol. The van der Waals surface area contributed by atoms with E-state index >= 15 is 0 Å². The minimum atomic E-state index is -0.632. The van der Waals surface area contributed by atoms with Crippen molar-refractivity contribution in [2.24, 2.45) is 0 Å². The van der Waals surface area contributed by atoms with Gasteiger partial charge in [-0.3, -0.25) is 9.67 Å². The largest absolute Gasteiger partial charge is 0.388 e. The normalized spacial score (nSPS) is 13.2. The van der Waals surface area contributed by atoms with E-state index in [-0.39, 0.29) is 0 Å². The highest BCUT2D eigenvalue weighted by atomic mass is 16.3. The summed E-state index contributed by atoms with van der Waals surface area (Å²) in [4.78, 5) is 4.07. The summed E-state index contributed by atoms with van der Waals surface area (Å²) in [6.07, 6.45) is 8.59. The van der Waals surface area contributed by atoms with Crippen LogP contribution in [0.2, 0.25) is 0 Å². The number of rotatable bonds is 4. The standard InChI is InChI=1S/C14H17N5O/c1-10(2)18-5-3-11(17-18)7-14(20)12-8-16-19-6-4-15-9-13(12)19/h3-6,8-10,14,20H,7H2,1-2H3. The van der Waals surface area contributed by atoms with E-state index < -0.39 is 6.10 Å². The number of aliphatic hydroxyl groups excluding tert-OH is 1. The maximum absolute atomic E-state index is 10.4. The number of nitrogens with zero attached hydrogens (tertiary/aromatic N) is 5. The van der Waals surface area contributed by atoms with E-state index in [1.165, 1.54) is 0 Å². The van der Waals surface area contributed by atoms with Crippen molar-refractivity contribution in [3.63, 3.8) is 0 Å². The smallest absolute Gasteiger partial charge is 0.0903 e. The van der Waals surface area contributed by atoms with Crippen molar-refractivity contribution < 1.29 is 5.11 Å². The zero-order chi connectivity index (χ0) is 14.1. The number of hydrogen-bond donors (Lipinski definition) is 1. The summed E-state index contributed by atoms with van der Waals surface area (Å²) in [5.41, 5.74) is 2.47. The van der Waals surface area contributed by atoms with Gasteiger partial charge in [0.2, 0.25) is 0 Å². The predicted molar refractivity (Wildman–Crippen MR) is 74.3 cm³/mol. The van der Waals surface area contributed by atoms with Crippen LogP contribution in [-0.4, -0.2) is 29.5 Å². The summed E-state index contributed by atoms with van der Waals surface area (Å²) in [5, 5.41) is 19.0. The molecule has 0 aromatic carbocycles. The van der Waals surface area contributed by atoms with Crippen LogP contribution in [0.15, 0.2) is 37.1 Å². The second kappa shape index (κ2) is 5.05. The van der Waals surface area contributed by atoms with Crippen LogP contribution >= 0.6 is 0 Å². The van der Waals surface area contributed by atoms with Gasteiger partial charge < -0.3 is 5.11 Å². The number of aromatic nitrogens is 5. The van der Waals surface area contributed by atoms with Crippen LogP contribution in [0.5, 0.6) is 0 Å². The Labute approximate surface area is 116 Å². The van der Waals surface area contributed by atoms with Crippen LogP contribution < -0.4 is 0 Å². The molecule has 0 bridgehead atoms. The van der Waals surface area contributed by atoms with E-state index in [4.69, 9.17) is 0 Å². The fourth-order valence-corrected chi connectivity index (χ4v) is 2.19. The first-order valence-corrected chi connectivity index (χ1v) is 6.64. The maximum atomic E-state index is 10.4. The van der Waals surface area contributed by atoms with Gasteiger partial charge in [0.15, 0.2) is 0 Å². The Bertz CT molecular complexity index is 715. The van der Waals surface area contributed by atoms with Gasteiger partial charge in [0, 0.05) is 36.6 Å². The number of fused-ring (bicyclic) bond motifs is 1. The van der Waals surface area contributed by atoms with E-state index in [0.717, 1.165) is 16.8 Å². The molecule has 104 valence electrons. The van der Waals surface area contributed by atoms with Crippen molar-refractivity contribution in [1.82, 2.24) is 24.4 Å². The molecule has 0 saturated heterocycles. The molecule has 3 heterocycles. The first-order chi connectivity index (χ1) is 9.65. The van der Waals surface area contributed by atoms with Gasteiger partial charge >= 0.3 is 0 Å². The zero-order valence-electron chi connectivity index (χ0n) is 11.5. The van der Waals surface area contributed by atoms with Crippen molar-refractivity contribution >= 4 is 5.52 Å². The van der Waals surface area contributed by atoms with Crippen molar-refractivity contribution in [3.05, 3.63) is 48.3 Å². The first-order valence-electron chi connectivity index (χ1n) is 6.64. The molecule has 6 heteroatoms. The van der Waals surface area contributed by atoms with Crippen LogP contribution in [0.3, 0.4) is 0 Å². The predicted octanol–water partition coefficient (Wildman–Crippen LogP) is 1.78. The molecule has 0 radical (unpaired) electrons. The molecular formula is C14H17N5O. The van der Waals surface area contributed by atoms with Gasteiger partial charge in [-0.05, 0) is 19.9 Å². The molecule has 0 fully saturated rings. The monoisotopic (exact) mass is 271 g/mol. The third-order valence-electron chi connectivity index (χ3n) is 3.31. The topological polar surface area (TPSA) is 68.2 Å². The van der Waals surface area contributed by atoms with Crippen LogP contribution in [0.25, 0.3) is 5.52 Å². The van der Waals surface area contributed by atoms with Crippen LogP contribution in [0.4, 0.5) is 0 Å². The Morgan fingerprint density at radius 1 is 1.25 bits per heavy atom. The lowest BCUT2D eigenvalue weighted by Gasteiger charge is -2.08. The van der Waals surface area contributed by atoms with Crippen LogP contribution in [-0.2, 0) is 6.42 Å². The summed E-state index contributed by atoms with van der Waals surface area (Å²) in [6.45, 7) is 4.15. The van der Waals surface area contributed by atoms with Crippen molar-refractivity contribution in [1.29, 1.82) is 0 Å². The highest BCUT2D eigenvalue weighted by molar-refractivity contribution is 5.52. The molecule has 0 saturated carbocycles. The molecule has 0 aliphatic rings. The highest BCUT2D eigenvalue weighted by Gasteiger charge is 2.16. The molecule has 0 aliphatic heterocycles. The zero-order valence-corrected chi connectivity index (χ0v) is 11.5. The Morgan fingerprint density at radius 2 is 2.10 bits per heavy atom. The molecule has 3 aromatic heterocycles. The summed E-state index contributed by atoms with van der Waals surface area (Å²) in [7, 11) is 0. The van der Waals surface area contributed by atoms with Crippen molar-refractivity contribution in [3.8, 4) is 0 Å². The fourth-order valence-electron chi connectivity index (χ4n) is 2.19. The Hall–Kier alpha value is -2.21. The fraction of sp³-hybridized carbons (Fsp3) is 0.357. The summed E-state index contributed by atoms with van der Waals surface area (Å²) in [5.74, 6) is 0. The molecule has 0 amide bonds. The molecule has 6 nitrogen and oxygen atoms in total. The molecule has 0 aliphatic carbocycles. The molecule has 3 aromatic rings. The minimum Gasteiger partial charge on any atom is -0.388 e. The summed E-state index contributed by atoms with van der Waals surface area (Å²) >= 11 is 0. The first kappa shape index (κ1) is 12.8. The molecule has 1 atom stereocenters. The summed E-state index contributed by atoms with van der Waals surface area (Å²) < 4.78 is 3.60. The molecule has 0 spiro atoms. The lowest BCUT2D eigenvalue weighted by Crippen LogP contribution is -2.05. The number of hydrogen-bond acceptors (Lipinski definition) is 4. The minimum absolute atomic E-state index is 0.321. The van der Waals surface area contributed by atoms with E-state index in [2.05, 4.69) is 29.0 Å². The Balaban J connectivity index is 1.83. The van der Waals surface area contributed by atoms with E-state index in [1.807, 2.05) is 16.9 Å². The molecule has 3 rings (SSSR count). The van der Waals surface area contributed by atoms with Crippen molar-refractivity contribution in [2.45, 2.75) is 32.4 Å². The van der Waals surface area contributed by atoms with Crippen LogP contribution in [0, 0.1) is 0 Å². The molecule has 1 N–H and O–H groups in total. The number of aliphatic hydroxyl groups is 1. The van der Waals surface area contributed by atoms with E-state index in [1.54, 1.807) is 29.3 Å². The summed E-state index contributed by atoms with van der Waals surface area (Å²) in [6, 6.07) is 2.26. The average Bonchev–Trinajstić information content (AvgIpc) is 3.04. The van der Waals surface area contributed by atoms with Gasteiger partial charge in [-0.25, -0.2) is 4.52 Å². The lowest BCUT2D eigenvalue weighted by atomic mass is 10.1. The molecule has 1 unspecified atom stereocenters. The quantitative estimate of drug-likeness (QED) is 0.785. The SMILES string of the molecule is CC(C)n1ccc(CC(O)c2cnn3ccncc23)n1. The Kier molecular flexibility index (Phi) is 3.23.